The highest BCUT2D eigenvalue weighted by molar-refractivity contribution is 5.98. The molecular formula is C13H15N3O2. The summed E-state index contributed by atoms with van der Waals surface area (Å²) in [6.07, 6.45) is 2.20. The lowest BCUT2D eigenvalue weighted by Gasteiger charge is -2.06. The van der Waals surface area contributed by atoms with Crippen LogP contribution >= 0.6 is 0 Å². The van der Waals surface area contributed by atoms with Gasteiger partial charge in [-0.1, -0.05) is 23.3 Å². The van der Waals surface area contributed by atoms with Crippen molar-refractivity contribution in [2.24, 2.45) is 5.11 Å². The largest absolute Gasteiger partial charge is 0.496 e. The van der Waals surface area contributed by atoms with E-state index in [1.807, 2.05) is 24.3 Å². The van der Waals surface area contributed by atoms with E-state index >= 15 is 0 Å². The number of azide groups is 1. The predicted octanol–water partition coefficient (Wildman–Crippen LogP) is 3.37. The van der Waals surface area contributed by atoms with Crippen LogP contribution in [0.1, 0.15) is 18.9 Å². The fourth-order valence-corrected chi connectivity index (χ4v) is 1.54. The molecule has 0 aliphatic carbocycles. The van der Waals surface area contributed by atoms with Crippen LogP contribution in [0.25, 0.3) is 16.5 Å². The summed E-state index contributed by atoms with van der Waals surface area (Å²) in [5, 5.41) is 3.43. The topological polar surface area (TPSA) is 75.1 Å². The number of carbonyl (C=O) groups excluding carboxylic acids is 1. The van der Waals surface area contributed by atoms with Crippen LogP contribution in [0, 0.1) is 0 Å². The Labute approximate surface area is 106 Å². The second kappa shape index (κ2) is 7.14. The van der Waals surface area contributed by atoms with E-state index in [1.165, 1.54) is 6.92 Å². The number of Topliss-reactive ketones (excluding diaryl/α,β-unsaturated/α-hetero) is 1. The number of ketones is 1. The molecule has 5 heteroatoms. The molecule has 1 aromatic rings. The number of rotatable bonds is 6. The van der Waals surface area contributed by atoms with E-state index in [1.54, 1.807) is 13.2 Å². The van der Waals surface area contributed by atoms with Crippen molar-refractivity contribution in [3.8, 4) is 5.75 Å². The molecule has 0 bridgehead atoms. The number of hydrogen-bond acceptors (Lipinski definition) is 3. The maximum Gasteiger partial charge on any atom is 0.155 e. The minimum absolute atomic E-state index is 0.0333. The number of benzene rings is 1. The van der Waals surface area contributed by atoms with Gasteiger partial charge < -0.3 is 4.74 Å². The average Bonchev–Trinajstić information content (AvgIpc) is 2.38. The third-order valence-corrected chi connectivity index (χ3v) is 2.47. The first-order chi connectivity index (χ1) is 8.69. The van der Waals surface area contributed by atoms with Gasteiger partial charge in [-0.25, -0.2) is 0 Å². The minimum atomic E-state index is -0.0333. The van der Waals surface area contributed by atoms with E-state index < -0.39 is 0 Å². The Kier molecular flexibility index (Phi) is 5.48. The van der Waals surface area contributed by atoms with Crippen LogP contribution in [0.3, 0.4) is 0 Å². The van der Waals surface area contributed by atoms with Gasteiger partial charge in [0.1, 0.15) is 5.75 Å². The number of para-hydroxylation sites is 1. The summed E-state index contributed by atoms with van der Waals surface area (Å²) >= 11 is 0. The van der Waals surface area contributed by atoms with Crippen LogP contribution in [-0.4, -0.2) is 19.4 Å². The van der Waals surface area contributed by atoms with Gasteiger partial charge in [0.15, 0.2) is 5.78 Å². The molecule has 1 aromatic carbocycles. The van der Waals surface area contributed by atoms with Gasteiger partial charge in [0.25, 0.3) is 0 Å². The molecule has 0 saturated heterocycles. The lowest BCUT2D eigenvalue weighted by molar-refractivity contribution is -0.113. The summed E-state index contributed by atoms with van der Waals surface area (Å²) in [7, 11) is 1.58. The van der Waals surface area contributed by atoms with Crippen molar-refractivity contribution < 1.29 is 9.53 Å². The number of hydrogen-bond donors (Lipinski definition) is 0. The van der Waals surface area contributed by atoms with Crippen LogP contribution in [0.4, 0.5) is 0 Å². The third kappa shape index (κ3) is 3.96. The Morgan fingerprint density at radius 3 is 2.83 bits per heavy atom. The summed E-state index contributed by atoms with van der Waals surface area (Å²) in [5.74, 6) is 0.675. The maximum atomic E-state index is 11.5. The van der Waals surface area contributed by atoms with Crippen LogP contribution in [0.5, 0.6) is 5.75 Å². The molecule has 0 N–H and O–H groups in total. The highest BCUT2D eigenvalue weighted by Crippen LogP contribution is 2.21. The first kappa shape index (κ1) is 13.8. The normalized spacial score (nSPS) is 10.7. The molecule has 0 aliphatic rings. The van der Waals surface area contributed by atoms with Gasteiger partial charge in [0.2, 0.25) is 0 Å². The SMILES string of the molecule is COc1ccccc1/C=C(\CCN=[N+]=[N-])C(C)=O. The van der Waals surface area contributed by atoms with Gasteiger partial charge in [0, 0.05) is 17.0 Å². The monoisotopic (exact) mass is 245 g/mol. The van der Waals surface area contributed by atoms with Crippen LogP contribution in [0.15, 0.2) is 35.0 Å². The van der Waals surface area contributed by atoms with Crippen molar-refractivity contribution in [2.75, 3.05) is 13.7 Å². The fourth-order valence-electron chi connectivity index (χ4n) is 1.54. The van der Waals surface area contributed by atoms with Gasteiger partial charge in [0.05, 0.1) is 7.11 Å². The Balaban J connectivity index is 3.00. The first-order valence-electron chi connectivity index (χ1n) is 5.54. The molecule has 18 heavy (non-hydrogen) atoms. The smallest absolute Gasteiger partial charge is 0.155 e. The van der Waals surface area contributed by atoms with E-state index in [4.69, 9.17) is 10.3 Å². The summed E-state index contributed by atoms with van der Waals surface area (Å²) in [4.78, 5) is 14.2. The lowest BCUT2D eigenvalue weighted by atomic mass is 10.0. The molecule has 94 valence electrons. The van der Waals surface area contributed by atoms with Crippen LogP contribution in [-0.2, 0) is 4.79 Å². The zero-order valence-electron chi connectivity index (χ0n) is 10.5. The van der Waals surface area contributed by atoms with E-state index in [-0.39, 0.29) is 12.3 Å². The summed E-state index contributed by atoms with van der Waals surface area (Å²) in [6, 6.07) is 7.44. The van der Waals surface area contributed by atoms with Crippen LogP contribution < -0.4 is 4.74 Å². The molecule has 0 unspecified atom stereocenters. The molecule has 0 atom stereocenters. The quantitative estimate of drug-likeness (QED) is 0.333. The molecule has 1 rings (SSSR count). The fraction of sp³-hybridized carbons (Fsp3) is 0.308. The average molecular weight is 245 g/mol. The number of methoxy groups -OCH3 is 1. The number of ether oxygens (including phenoxy) is 1. The van der Waals surface area contributed by atoms with Crippen molar-refractivity contribution in [3.05, 3.63) is 45.8 Å². The first-order valence-corrected chi connectivity index (χ1v) is 5.54. The second-order valence-electron chi connectivity index (χ2n) is 3.67. The molecule has 0 fully saturated rings. The number of carbonyl (C=O) groups is 1. The molecule has 0 spiro atoms. The van der Waals surface area contributed by atoms with Gasteiger partial charge >= 0.3 is 0 Å². The predicted molar refractivity (Wildman–Crippen MR) is 70.3 cm³/mol. The van der Waals surface area contributed by atoms with Crippen LogP contribution in [0.2, 0.25) is 0 Å². The van der Waals surface area contributed by atoms with E-state index in [9.17, 15) is 4.79 Å². The Hall–Kier alpha value is -2.26. The van der Waals surface area contributed by atoms with E-state index in [0.717, 1.165) is 5.56 Å². The van der Waals surface area contributed by atoms with Gasteiger partial charge in [-0.05, 0) is 36.6 Å². The summed E-state index contributed by atoms with van der Waals surface area (Å²) in [6.45, 7) is 1.77. The second-order valence-corrected chi connectivity index (χ2v) is 3.67. The standard InChI is InChI=1S/C13H15N3O2/c1-10(17)11(7-8-15-16-14)9-12-5-3-4-6-13(12)18-2/h3-6,9H,7-8H2,1-2H3/b11-9+. The number of nitrogens with zero attached hydrogens (tertiary/aromatic N) is 3. The van der Waals surface area contributed by atoms with Gasteiger partial charge in [-0.3, -0.25) is 4.79 Å². The molecule has 0 aromatic heterocycles. The van der Waals surface area contributed by atoms with E-state index in [0.29, 0.717) is 17.7 Å². The van der Waals surface area contributed by atoms with Crippen molar-refractivity contribution in [1.82, 2.24) is 0 Å². The summed E-state index contributed by atoms with van der Waals surface area (Å²) < 4.78 is 5.21. The molecule has 0 amide bonds. The Bertz CT molecular complexity index is 503. The Morgan fingerprint density at radius 2 is 2.22 bits per heavy atom. The van der Waals surface area contributed by atoms with E-state index in [2.05, 4.69) is 10.0 Å². The summed E-state index contributed by atoms with van der Waals surface area (Å²) in [5.41, 5.74) is 9.68. The van der Waals surface area contributed by atoms with Gasteiger partial charge in [-0.2, -0.15) is 0 Å². The molecular weight excluding hydrogens is 230 g/mol. The highest BCUT2D eigenvalue weighted by atomic mass is 16.5. The zero-order chi connectivity index (χ0) is 13.4. The van der Waals surface area contributed by atoms with Crippen molar-refractivity contribution >= 4 is 11.9 Å². The highest BCUT2D eigenvalue weighted by Gasteiger charge is 2.06. The molecule has 0 aliphatic heterocycles. The third-order valence-electron chi connectivity index (χ3n) is 2.47. The molecule has 0 radical (unpaired) electrons. The van der Waals surface area contributed by atoms with Gasteiger partial charge in [-0.15, -0.1) is 0 Å². The molecule has 0 saturated carbocycles. The van der Waals surface area contributed by atoms with Crippen molar-refractivity contribution in [2.45, 2.75) is 13.3 Å². The Morgan fingerprint density at radius 1 is 1.50 bits per heavy atom. The van der Waals surface area contributed by atoms with Crippen molar-refractivity contribution in [1.29, 1.82) is 0 Å². The lowest BCUT2D eigenvalue weighted by Crippen LogP contribution is -1.99. The van der Waals surface area contributed by atoms with Crippen molar-refractivity contribution in [3.63, 3.8) is 0 Å². The minimum Gasteiger partial charge on any atom is -0.496 e. The molecule has 0 heterocycles. The maximum absolute atomic E-state index is 11.5. The molecule has 5 nitrogen and oxygen atoms in total. The zero-order valence-corrected chi connectivity index (χ0v) is 10.5.